The van der Waals surface area contributed by atoms with Crippen molar-refractivity contribution in [3.05, 3.63) is 102 Å². The van der Waals surface area contributed by atoms with E-state index in [-0.39, 0.29) is 22.3 Å². The lowest BCUT2D eigenvalue weighted by molar-refractivity contribution is 0.0940. The molecule has 0 heterocycles. The minimum Gasteiger partial charge on any atom is -0.344 e. The quantitative estimate of drug-likeness (QED) is 0.580. The highest BCUT2D eigenvalue weighted by molar-refractivity contribution is 7.90. The van der Waals surface area contributed by atoms with Crippen LogP contribution in [-0.2, 0) is 26.4 Å². The van der Waals surface area contributed by atoms with Crippen molar-refractivity contribution in [1.29, 1.82) is 0 Å². The molecule has 7 heteroatoms. The molecule has 30 heavy (non-hydrogen) atoms. The van der Waals surface area contributed by atoms with E-state index in [1.807, 2.05) is 30.3 Å². The average Bonchev–Trinajstić information content (AvgIpc) is 2.74. The molecule has 2 unspecified atom stereocenters. The van der Waals surface area contributed by atoms with Crippen LogP contribution in [0.1, 0.15) is 27.5 Å². The van der Waals surface area contributed by atoms with Gasteiger partial charge in [-0.25, -0.2) is 8.42 Å². The summed E-state index contributed by atoms with van der Waals surface area (Å²) in [7, 11) is -4.61. The zero-order valence-electron chi connectivity index (χ0n) is 16.5. The topological polar surface area (TPSA) is 80.3 Å². The van der Waals surface area contributed by atoms with E-state index >= 15 is 0 Å². The number of carbonyl (C=O) groups excluding carboxylic acids is 1. The summed E-state index contributed by atoms with van der Waals surface area (Å²) in [6.07, 6.45) is 1.59. The summed E-state index contributed by atoms with van der Waals surface area (Å²) >= 11 is 0. The van der Waals surface area contributed by atoms with Crippen LogP contribution in [0.2, 0.25) is 0 Å². The molecule has 3 aromatic rings. The first-order valence-corrected chi connectivity index (χ1v) is 12.8. The number of amides is 1. The van der Waals surface area contributed by atoms with Gasteiger partial charge in [0.15, 0.2) is 9.84 Å². The summed E-state index contributed by atoms with van der Waals surface area (Å²) in [6, 6.07) is 23.8. The van der Waals surface area contributed by atoms with Crippen LogP contribution in [0.5, 0.6) is 0 Å². The van der Waals surface area contributed by atoms with Crippen LogP contribution in [-0.4, -0.2) is 30.5 Å². The molecule has 0 fully saturated rings. The van der Waals surface area contributed by atoms with Crippen molar-refractivity contribution in [3.63, 3.8) is 0 Å². The molecule has 1 N–H and O–H groups in total. The summed E-state index contributed by atoms with van der Waals surface area (Å²) in [6.45, 7) is 0. The molecule has 3 aromatic carbocycles. The maximum Gasteiger partial charge on any atom is 0.251 e. The molecule has 2 atom stereocenters. The highest BCUT2D eigenvalue weighted by Crippen LogP contribution is 2.18. The number of sulfone groups is 1. The van der Waals surface area contributed by atoms with Gasteiger partial charge < -0.3 is 5.32 Å². The molecular formula is C23H23NO4S2. The van der Waals surface area contributed by atoms with E-state index in [4.69, 9.17) is 0 Å². The largest absolute Gasteiger partial charge is 0.344 e. The van der Waals surface area contributed by atoms with Crippen LogP contribution in [0.25, 0.3) is 0 Å². The predicted molar refractivity (Wildman–Crippen MR) is 119 cm³/mol. The van der Waals surface area contributed by atoms with Crippen LogP contribution >= 0.6 is 0 Å². The van der Waals surface area contributed by atoms with E-state index in [1.165, 1.54) is 0 Å². The number of hydrogen-bond donors (Lipinski definition) is 1. The Bertz CT molecular complexity index is 1130. The number of nitrogens with one attached hydrogen (secondary N) is 1. The molecule has 0 saturated heterocycles. The SMILES string of the molecule is CS(=O)CC(NC(=O)c1cccc(CS(=O)(=O)c2ccccc2)c1)c1ccccc1. The minimum atomic E-state index is -3.51. The molecule has 1 amide bonds. The fraction of sp³-hybridized carbons (Fsp3) is 0.174. The van der Waals surface area contributed by atoms with Gasteiger partial charge in [-0.1, -0.05) is 60.7 Å². The number of hydrogen-bond acceptors (Lipinski definition) is 4. The van der Waals surface area contributed by atoms with Crippen molar-refractivity contribution in [2.45, 2.75) is 16.7 Å². The van der Waals surface area contributed by atoms with Gasteiger partial charge in [-0.05, 0) is 35.4 Å². The molecule has 156 valence electrons. The fourth-order valence-corrected chi connectivity index (χ4v) is 5.22. The Kier molecular flexibility index (Phi) is 7.18. The van der Waals surface area contributed by atoms with Crippen LogP contribution in [0.3, 0.4) is 0 Å². The molecule has 0 saturated carbocycles. The zero-order valence-corrected chi connectivity index (χ0v) is 18.2. The fourth-order valence-electron chi connectivity index (χ4n) is 3.12. The highest BCUT2D eigenvalue weighted by atomic mass is 32.2. The van der Waals surface area contributed by atoms with Crippen LogP contribution in [0.4, 0.5) is 0 Å². The van der Waals surface area contributed by atoms with Crippen molar-refractivity contribution in [3.8, 4) is 0 Å². The monoisotopic (exact) mass is 441 g/mol. The normalized spacial score (nSPS) is 13.4. The third kappa shape index (κ3) is 5.87. The zero-order chi connectivity index (χ0) is 21.6. The van der Waals surface area contributed by atoms with Gasteiger partial charge >= 0.3 is 0 Å². The van der Waals surface area contributed by atoms with Gasteiger partial charge in [-0.15, -0.1) is 0 Å². The number of benzene rings is 3. The second-order valence-corrected chi connectivity index (χ2v) is 10.4. The van der Waals surface area contributed by atoms with Gasteiger partial charge in [0.1, 0.15) is 0 Å². The maximum absolute atomic E-state index is 12.8. The Labute approximate surface area is 179 Å². The molecule has 0 bridgehead atoms. The Morgan fingerprint density at radius 1 is 0.933 bits per heavy atom. The lowest BCUT2D eigenvalue weighted by Gasteiger charge is -2.18. The lowest BCUT2D eigenvalue weighted by Crippen LogP contribution is -2.32. The number of carbonyl (C=O) groups is 1. The van der Waals surface area contributed by atoms with Crippen LogP contribution in [0.15, 0.2) is 89.8 Å². The minimum absolute atomic E-state index is 0.195. The maximum atomic E-state index is 12.8. The second-order valence-electron chi connectivity index (χ2n) is 6.95. The van der Waals surface area contributed by atoms with E-state index in [9.17, 15) is 17.4 Å². The van der Waals surface area contributed by atoms with Gasteiger partial charge in [-0.3, -0.25) is 9.00 Å². The first-order valence-electron chi connectivity index (χ1n) is 9.38. The third-order valence-corrected chi connectivity index (χ3v) is 7.06. The summed E-state index contributed by atoms with van der Waals surface area (Å²) in [5, 5.41) is 2.92. The first-order chi connectivity index (χ1) is 14.3. The van der Waals surface area contributed by atoms with Crippen molar-refractivity contribution < 1.29 is 17.4 Å². The smallest absolute Gasteiger partial charge is 0.251 e. The molecular weight excluding hydrogens is 418 g/mol. The Balaban J connectivity index is 1.79. The second kappa shape index (κ2) is 9.82. The summed E-state index contributed by atoms with van der Waals surface area (Å²) in [4.78, 5) is 13.1. The summed E-state index contributed by atoms with van der Waals surface area (Å²) in [5.41, 5.74) is 1.75. The molecule has 0 aliphatic heterocycles. The standard InChI is InChI=1S/C23H23NO4S2/c1-29(26)16-22(19-10-4-2-5-11-19)24-23(25)20-12-8-9-18(15-20)17-30(27,28)21-13-6-3-7-14-21/h2-15,22H,16-17H2,1H3,(H,24,25). The third-order valence-electron chi connectivity index (χ3n) is 4.56. The summed E-state index contributed by atoms with van der Waals surface area (Å²) < 4.78 is 37.0. The number of rotatable bonds is 8. The predicted octanol–water partition coefficient (Wildman–Crippen LogP) is 3.51. The van der Waals surface area contributed by atoms with Crippen molar-refractivity contribution in [2.75, 3.05) is 12.0 Å². The van der Waals surface area contributed by atoms with Gasteiger partial charge in [0, 0.05) is 28.4 Å². The first kappa shape index (κ1) is 21.9. The van der Waals surface area contributed by atoms with Gasteiger partial charge in [-0.2, -0.15) is 0 Å². The van der Waals surface area contributed by atoms with E-state index in [0.29, 0.717) is 11.1 Å². The molecule has 0 aliphatic rings. The van der Waals surface area contributed by atoms with Crippen LogP contribution < -0.4 is 5.32 Å². The van der Waals surface area contributed by atoms with E-state index in [1.54, 1.807) is 60.9 Å². The van der Waals surface area contributed by atoms with E-state index < -0.39 is 26.7 Å². The van der Waals surface area contributed by atoms with Gasteiger partial charge in [0.2, 0.25) is 0 Å². The Morgan fingerprint density at radius 3 is 2.20 bits per heavy atom. The highest BCUT2D eigenvalue weighted by Gasteiger charge is 2.19. The average molecular weight is 442 g/mol. The molecule has 0 spiro atoms. The van der Waals surface area contributed by atoms with E-state index in [2.05, 4.69) is 5.32 Å². The molecule has 5 nitrogen and oxygen atoms in total. The van der Waals surface area contributed by atoms with Crippen molar-refractivity contribution in [2.24, 2.45) is 0 Å². The molecule has 0 aromatic heterocycles. The van der Waals surface area contributed by atoms with Crippen molar-refractivity contribution >= 4 is 26.5 Å². The van der Waals surface area contributed by atoms with Gasteiger partial charge in [0.25, 0.3) is 5.91 Å². The van der Waals surface area contributed by atoms with Crippen LogP contribution in [0, 0.1) is 0 Å². The van der Waals surface area contributed by atoms with Gasteiger partial charge in [0.05, 0.1) is 16.7 Å². The summed E-state index contributed by atoms with van der Waals surface area (Å²) in [5.74, 6) is -0.245. The molecule has 0 aliphatic carbocycles. The molecule has 0 radical (unpaired) electrons. The van der Waals surface area contributed by atoms with E-state index in [0.717, 1.165) is 5.56 Å². The van der Waals surface area contributed by atoms with Crippen molar-refractivity contribution in [1.82, 2.24) is 5.32 Å². The lowest BCUT2D eigenvalue weighted by atomic mass is 10.1. The Morgan fingerprint density at radius 2 is 1.57 bits per heavy atom. The Hall–Kier alpha value is -2.77. The molecule has 3 rings (SSSR count).